The van der Waals surface area contributed by atoms with E-state index in [1.165, 1.54) is 0 Å². The third kappa shape index (κ3) is 10.3. The average molecular weight is 533 g/mol. The number of hydrogen-bond donors (Lipinski definition) is 3. The lowest BCUT2D eigenvalue weighted by atomic mass is 9.66. The van der Waals surface area contributed by atoms with Crippen LogP contribution in [0, 0.1) is 0 Å². The molecule has 8 nitrogen and oxygen atoms in total. The molecule has 3 N–H and O–H groups in total. The molecule has 0 aliphatic heterocycles. The van der Waals surface area contributed by atoms with Gasteiger partial charge in [0.2, 0.25) is 0 Å². The fraction of sp³-hybridized carbons (Fsp3) is 0.357. The van der Waals surface area contributed by atoms with Gasteiger partial charge in [-0.2, -0.15) is 8.42 Å². The Hall–Kier alpha value is -2.63. The van der Waals surface area contributed by atoms with Crippen molar-refractivity contribution in [1.29, 1.82) is 0 Å². The van der Waals surface area contributed by atoms with Crippen LogP contribution in [0.25, 0.3) is 0 Å². The van der Waals surface area contributed by atoms with E-state index in [9.17, 15) is 13.5 Å². The molecule has 3 rings (SSSR count). The molecule has 9 heteroatoms. The summed E-state index contributed by atoms with van der Waals surface area (Å²) in [4.78, 5) is 0. The van der Waals surface area contributed by atoms with Crippen LogP contribution in [-0.2, 0) is 29.7 Å². The number of benzene rings is 3. The van der Waals surface area contributed by atoms with Crippen molar-refractivity contribution in [1.82, 2.24) is 0 Å². The standard InChI is InChI=1S/C27H32O5.CH4O3S/c28-16-17-30-18-19-31-20-21-32-22-26(29)27(23-10-4-1-5-11-23,24-12-6-2-7-13-24)25-14-8-3-9-15-25;1-5(2,3)4/h1-15,26,28-29H,16-22H2;1H3,(H,2,3,4). The first-order chi connectivity index (χ1) is 17.8. The minimum absolute atomic E-state index is 0.00694. The zero-order chi connectivity index (χ0) is 27.0. The molecule has 0 aromatic heterocycles. The van der Waals surface area contributed by atoms with Crippen molar-refractivity contribution in [3.05, 3.63) is 108 Å². The summed E-state index contributed by atoms with van der Waals surface area (Å²) in [5.74, 6) is 0. The van der Waals surface area contributed by atoms with E-state index in [1.807, 2.05) is 54.6 Å². The molecular weight excluding hydrogens is 496 g/mol. The molecule has 0 bridgehead atoms. The average Bonchev–Trinajstić information content (AvgIpc) is 2.89. The first-order valence-electron chi connectivity index (χ1n) is 11.9. The van der Waals surface area contributed by atoms with Crippen molar-refractivity contribution in [3.63, 3.8) is 0 Å². The summed E-state index contributed by atoms with van der Waals surface area (Å²) in [6, 6.07) is 30.2. The molecule has 0 saturated carbocycles. The van der Waals surface area contributed by atoms with Crippen molar-refractivity contribution in [2.24, 2.45) is 0 Å². The Labute approximate surface area is 219 Å². The van der Waals surface area contributed by atoms with Gasteiger partial charge in [-0.3, -0.25) is 4.55 Å². The predicted molar refractivity (Wildman–Crippen MR) is 142 cm³/mol. The van der Waals surface area contributed by atoms with E-state index in [0.717, 1.165) is 16.7 Å². The second-order valence-electron chi connectivity index (χ2n) is 8.18. The molecule has 0 spiro atoms. The largest absolute Gasteiger partial charge is 0.394 e. The van der Waals surface area contributed by atoms with E-state index < -0.39 is 21.6 Å². The Bertz CT molecular complexity index is 988. The maximum Gasteiger partial charge on any atom is 0.261 e. The normalized spacial score (nSPS) is 12.4. The van der Waals surface area contributed by atoms with Crippen LogP contribution in [0.1, 0.15) is 16.7 Å². The molecule has 0 heterocycles. The second kappa shape index (κ2) is 16.3. The summed E-state index contributed by atoms with van der Waals surface area (Å²) >= 11 is 0. The van der Waals surface area contributed by atoms with Gasteiger partial charge in [0.15, 0.2) is 0 Å². The summed E-state index contributed by atoms with van der Waals surface area (Å²) in [6.45, 7) is 2.12. The molecule has 0 radical (unpaired) electrons. The molecule has 0 aliphatic rings. The van der Waals surface area contributed by atoms with Crippen LogP contribution >= 0.6 is 0 Å². The topological polar surface area (TPSA) is 123 Å². The first kappa shape index (κ1) is 30.6. The lowest BCUT2D eigenvalue weighted by molar-refractivity contribution is -0.0231. The Morgan fingerprint density at radius 1 is 0.676 bits per heavy atom. The van der Waals surface area contributed by atoms with Gasteiger partial charge < -0.3 is 24.4 Å². The lowest BCUT2D eigenvalue weighted by Gasteiger charge is -2.40. The molecule has 1 unspecified atom stereocenters. The van der Waals surface area contributed by atoms with E-state index in [0.29, 0.717) is 39.3 Å². The van der Waals surface area contributed by atoms with Crippen molar-refractivity contribution < 1.29 is 37.4 Å². The van der Waals surface area contributed by atoms with Gasteiger partial charge in [-0.25, -0.2) is 0 Å². The maximum atomic E-state index is 11.6. The smallest absolute Gasteiger partial charge is 0.261 e. The van der Waals surface area contributed by atoms with Crippen LogP contribution in [0.2, 0.25) is 0 Å². The van der Waals surface area contributed by atoms with Gasteiger partial charge in [0.25, 0.3) is 10.1 Å². The molecule has 1 atom stereocenters. The van der Waals surface area contributed by atoms with Gasteiger partial charge in [0.1, 0.15) is 0 Å². The molecule has 0 saturated heterocycles. The molecule has 0 amide bonds. The van der Waals surface area contributed by atoms with Crippen molar-refractivity contribution in [2.45, 2.75) is 11.5 Å². The van der Waals surface area contributed by atoms with Gasteiger partial charge >= 0.3 is 0 Å². The summed E-state index contributed by atoms with van der Waals surface area (Å²) in [6.07, 6.45) is -0.102. The molecule has 202 valence electrons. The van der Waals surface area contributed by atoms with Gasteiger partial charge in [-0.1, -0.05) is 91.0 Å². The molecule has 37 heavy (non-hydrogen) atoms. The Balaban J connectivity index is 0.000000877. The molecule has 3 aromatic rings. The van der Waals surface area contributed by atoms with Crippen molar-refractivity contribution in [3.8, 4) is 0 Å². The van der Waals surface area contributed by atoms with E-state index >= 15 is 0 Å². The van der Waals surface area contributed by atoms with Crippen LogP contribution < -0.4 is 0 Å². The fourth-order valence-electron chi connectivity index (χ4n) is 4.00. The highest BCUT2D eigenvalue weighted by molar-refractivity contribution is 7.85. The van der Waals surface area contributed by atoms with Crippen LogP contribution in [0.3, 0.4) is 0 Å². The fourth-order valence-corrected chi connectivity index (χ4v) is 4.00. The summed E-state index contributed by atoms with van der Waals surface area (Å²) < 4.78 is 42.4. The molecule has 0 fully saturated rings. The maximum absolute atomic E-state index is 11.6. The number of rotatable bonds is 14. The number of ether oxygens (including phenoxy) is 3. The number of hydrogen-bond acceptors (Lipinski definition) is 7. The van der Waals surface area contributed by atoms with Crippen molar-refractivity contribution >= 4 is 10.1 Å². The van der Waals surface area contributed by atoms with E-state index in [2.05, 4.69) is 36.4 Å². The second-order valence-corrected chi connectivity index (χ2v) is 9.64. The first-order valence-corrected chi connectivity index (χ1v) is 13.8. The minimum atomic E-state index is -3.67. The monoisotopic (exact) mass is 532 g/mol. The Kier molecular flexibility index (Phi) is 13.4. The molecule has 3 aromatic carbocycles. The Morgan fingerprint density at radius 2 is 1.00 bits per heavy atom. The van der Waals surface area contributed by atoms with Gasteiger partial charge in [-0.05, 0) is 16.7 Å². The predicted octanol–water partition coefficient (Wildman–Crippen LogP) is 2.93. The summed E-state index contributed by atoms with van der Waals surface area (Å²) in [5, 5.41) is 20.3. The summed E-state index contributed by atoms with van der Waals surface area (Å²) in [5.41, 5.74) is 2.24. The van der Waals surface area contributed by atoms with Crippen LogP contribution in [0.15, 0.2) is 91.0 Å². The summed E-state index contributed by atoms with van der Waals surface area (Å²) in [7, 11) is -3.67. The van der Waals surface area contributed by atoms with Gasteiger partial charge in [-0.15, -0.1) is 0 Å². The zero-order valence-electron chi connectivity index (χ0n) is 21.0. The van der Waals surface area contributed by atoms with E-state index in [1.54, 1.807) is 0 Å². The quantitative estimate of drug-likeness (QED) is 0.165. The van der Waals surface area contributed by atoms with Crippen LogP contribution in [0.5, 0.6) is 0 Å². The highest BCUT2D eigenvalue weighted by Gasteiger charge is 2.43. The van der Waals surface area contributed by atoms with Crippen molar-refractivity contribution in [2.75, 3.05) is 52.5 Å². The van der Waals surface area contributed by atoms with Gasteiger partial charge in [0.05, 0.1) is 64.0 Å². The van der Waals surface area contributed by atoms with E-state index in [4.69, 9.17) is 23.9 Å². The molecular formula is C28H36O8S. The lowest BCUT2D eigenvalue weighted by Crippen LogP contribution is -2.44. The molecule has 0 aliphatic carbocycles. The van der Waals surface area contributed by atoms with Crippen LogP contribution in [-0.4, -0.2) is 81.8 Å². The third-order valence-electron chi connectivity index (χ3n) is 5.44. The van der Waals surface area contributed by atoms with Gasteiger partial charge in [0, 0.05) is 0 Å². The highest BCUT2D eigenvalue weighted by atomic mass is 32.2. The SMILES string of the molecule is CS(=O)(=O)O.OCCOCCOCCOCC(O)C(c1ccccc1)(c1ccccc1)c1ccccc1. The Morgan fingerprint density at radius 3 is 1.35 bits per heavy atom. The number of aliphatic hydroxyl groups excluding tert-OH is 2. The third-order valence-corrected chi connectivity index (χ3v) is 5.44. The minimum Gasteiger partial charge on any atom is -0.394 e. The van der Waals surface area contributed by atoms with E-state index in [-0.39, 0.29) is 13.2 Å². The number of aliphatic hydroxyl groups is 2. The zero-order valence-corrected chi connectivity index (χ0v) is 21.8. The van der Waals surface area contributed by atoms with Crippen LogP contribution in [0.4, 0.5) is 0 Å². The highest BCUT2D eigenvalue weighted by Crippen LogP contribution is 2.42.